The lowest BCUT2D eigenvalue weighted by Crippen LogP contribution is -2.14. The summed E-state index contributed by atoms with van der Waals surface area (Å²) in [7, 11) is 0. The third-order valence-corrected chi connectivity index (χ3v) is 13.7. The van der Waals surface area contributed by atoms with E-state index in [2.05, 4.69) is 231 Å². The van der Waals surface area contributed by atoms with Gasteiger partial charge in [0.15, 0.2) is 5.82 Å². The minimum absolute atomic E-state index is 0.178. The van der Waals surface area contributed by atoms with Gasteiger partial charge in [-0.2, -0.15) is 0 Å². The molecule has 13 rings (SSSR count). The molecule has 0 bridgehead atoms. The van der Waals surface area contributed by atoms with E-state index in [9.17, 15) is 0 Å². The van der Waals surface area contributed by atoms with Gasteiger partial charge in [-0.05, 0) is 120 Å². The van der Waals surface area contributed by atoms with E-state index in [1.54, 1.807) is 0 Å². The maximum atomic E-state index is 5.83. The van der Waals surface area contributed by atoms with Crippen LogP contribution in [-0.4, -0.2) is 14.5 Å². The van der Waals surface area contributed by atoms with E-state index in [0.29, 0.717) is 0 Å². The average Bonchev–Trinajstić information content (AvgIpc) is 3.79. The van der Waals surface area contributed by atoms with Gasteiger partial charge in [-0.3, -0.25) is 4.57 Å². The highest BCUT2D eigenvalue weighted by atomic mass is 15.1. The van der Waals surface area contributed by atoms with Crippen LogP contribution < -0.4 is 0 Å². The molecule has 0 amide bonds. The van der Waals surface area contributed by atoms with Gasteiger partial charge >= 0.3 is 0 Å². The first kappa shape index (κ1) is 36.5. The van der Waals surface area contributed by atoms with E-state index in [1.807, 2.05) is 0 Å². The molecule has 0 unspecified atom stereocenters. The molecule has 0 saturated carbocycles. The summed E-state index contributed by atoms with van der Waals surface area (Å²) in [4.78, 5) is 11.6. The van der Waals surface area contributed by atoms with Gasteiger partial charge in [-0.1, -0.05) is 184 Å². The molecule has 0 spiro atoms. The molecule has 0 fully saturated rings. The van der Waals surface area contributed by atoms with Gasteiger partial charge in [0, 0.05) is 21.8 Å². The van der Waals surface area contributed by atoms with Crippen molar-refractivity contribution in [2.24, 2.45) is 0 Å². The van der Waals surface area contributed by atoms with Crippen LogP contribution in [0.15, 0.2) is 212 Å². The molecule has 0 aliphatic heterocycles. The van der Waals surface area contributed by atoms with Crippen LogP contribution in [-0.2, 0) is 5.41 Å². The standard InChI is InChI=1S/C61H41N3/c1-61(2)52-26-14-13-24-46(52)58-47(25-15-27-53(58)61)59-60(63-55-37-49(40-19-7-4-8-20-40)48(36-54(55)62-59)39-17-5-3-6-18-39)64-56-31-30-45(44-29-28-38-16-9-10-21-41(38)32-44)34-50(56)51-33-42-22-11-12-23-43(42)35-57(51)64/h3-37H,1-2H3. The quantitative estimate of drug-likeness (QED) is 0.173. The van der Waals surface area contributed by atoms with Crippen LogP contribution in [0.5, 0.6) is 0 Å². The Labute approximate surface area is 371 Å². The molecule has 3 heteroatoms. The second-order valence-corrected chi connectivity index (χ2v) is 17.8. The molecule has 1 aliphatic carbocycles. The van der Waals surface area contributed by atoms with Gasteiger partial charge in [0.25, 0.3) is 0 Å². The highest BCUT2D eigenvalue weighted by Gasteiger charge is 2.37. The van der Waals surface area contributed by atoms with Crippen molar-refractivity contribution in [3.63, 3.8) is 0 Å². The fraction of sp³-hybridized carbons (Fsp3) is 0.0492. The Kier molecular flexibility index (Phi) is 7.95. The lowest BCUT2D eigenvalue weighted by atomic mass is 9.82. The fourth-order valence-electron chi connectivity index (χ4n) is 10.6. The number of fused-ring (bicyclic) bond motifs is 9. The lowest BCUT2D eigenvalue weighted by Gasteiger charge is -2.22. The van der Waals surface area contributed by atoms with E-state index < -0.39 is 0 Å². The highest BCUT2D eigenvalue weighted by Crippen LogP contribution is 2.53. The van der Waals surface area contributed by atoms with Crippen LogP contribution in [0.1, 0.15) is 25.0 Å². The first-order valence-corrected chi connectivity index (χ1v) is 22.1. The zero-order valence-corrected chi connectivity index (χ0v) is 35.5. The van der Waals surface area contributed by atoms with Crippen LogP contribution in [0.4, 0.5) is 0 Å². The second-order valence-electron chi connectivity index (χ2n) is 17.8. The Morgan fingerprint density at radius 2 is 0.906 bits per heavy atom. The first-order chi connectivity index (χ1) is 31.5. The molecule has 2 heterocycles. The van der Waals surface area contributed by atoms with Crippen LogP contribution in [0.25, 0.3) is 116 Å². The van der Waals surface area contributed by atoms with E-state index in [4.69, 9.17) is 9.97 Å². The number of hydrogen-bond donors (Lipinski definition) is 0. The normalized spacial score (nSPS) is 13.0. The number of aromatic nitrogens is 3. The summed E-state index contributed by atoms with van der Waals surface area (Å²) >= 11 is 0. The third kappa shape index (κ3) is 5.54. The molecule has 12 aromatic rings. The number of hydrogen-bond acceptors (Lipinski definition) is 2. The molecule has 300 valence electrons. The largest absolute Gasteiger partial charge is 0.292 e. The summed E-state index contributed by atoms with van der Waals surface area (Å²) in [5.74, 6) is 0.809. The Hall–Kier alpha value is -8.14. The molecular weight excluding hydrogens is 775 g/mol. The second kappa shape index (κ2) is 13.9. The Bertz CT molecular complexity index is 3860. The van der Waals surface area contributed by atoms with Crippen molar-refractivity contribution >= 4 is 54.4 Å². The predicted molar refractivity (Wildman–Crippen MR) is 268 cm³/mol. The molecule has 64 heavy (non-hydrogen) atoms. The predicted octanol–water partition coefficient (Wildman–Crippen LogP) is 16.0. The van der Waals surface area contributed by atoms with Crippen molar-refractivity contribution in [3.8, 4) is 61.6 Å². The van der Waals surface area contributed by atoms with Gasteiger partial charge in [-0.15, -0.1) is 0 Å². The summed E-state index contributed by atoms with van der Waals surface area (Å²) in [5.41, 5.74) is 17.6. The number of nitrogens with zero attached hydrogens (tertiary/aromatic N) is 3. The number of benzene rings is 10. The van der Waals surface area contributed by atoms with Crippen LogP contribution >= 0.6 is 0 Å². The van der Waals surface area contributed by atoms with E-state index in [1.165, 1.54) is 65.7 Å². The molecular formula is C61H41N3. The Morgan fingerprint density at radius 3 is 1.64 bits per heavy atom. The first-order valence-electron chi connectivity index (χ1n) is 22.1. The highest BCUT2D eigenvalue weighted by molar-refractivity contribution is 6.15. The Morgan fingerprint density at radius 1 is 0.359 bits per heavy atom. The maximum Gasteiger partial charge on any atom is 0.165 e. The van der Waals surface area contributed by atoms with Crippen molar-refractivity contribution in [1.82, 2.24) is 14.5 Å². The van der Waals surface area contributed by atoms with Crippen LogP contribution in [0.2, 0.25) is 0 Å². The topological polar surface area (TPSA) is 30.7 Å². The van der Waals surface area contributed by atoms with Crippen molar-refractivity contribution < 1.29 is 0 Å². The van der Waals surface area contributed by atoms with Gasteiger partial charge in [-0.25, -0.2) is 9.97 Å². The van der Waals surface area contributed by atoms with Gasteiger partial charge in [0.1, 0.15) is 5.69 Å². The summed E-state index contributed by atoms with van der Waals surface area (Å²) in [6.07, 6.45) is 0. The zero-order valence-electron chi connectivity index (χ0n) is 35.5. The van der Waals surface area contributed by atoms with Crippen LogP contribution in [0.3, 0.4) is 0 Å². The minimum atomic E-state index is -0.178. The fourth-order valence-corrected chi connectivity index (χ4v) is 10.6. The maximum absolute atomic E-state index is 5.83. The number of rotatable bonds is 5. The Balaban J connectivity index is 1.16. The summed E-state index contributed by atoms with van der Waals surface area (Å²) < 4.78 is 2.39. The van der Waals surface area contributed by atoms with Crippen molar-refractivity contribution in [1.29, 1.82) is 0 Å². The SMILES string of the molecule is CC1(C)c2ccccc2-c2c(-c3nc4cc(-c5ccccc5)c(-c5ccccc5)cc4nc3-n3c4ccc(-c5ccc6ccccc6c5)cc4c4cc5ccccc5cc43)cccc21. The molecule has 10 aromatic carbocycles. The molecule has 0 radical (unpaired) electrons. The van der Waals surface area contributed by atoms with Gasteiger partial charge in [0.05, 0.1) is 22.1 Å². The molecule has 3 nitrogen and oxygen atoms in total. The summed E-state index contributed by atoms with van der Waals surface area (Å²) in [6, 6.07) is 77.2. The monoisotopic (exact) mass is 815 g/mol. The smallest absolute Gasteiger partial charge is 0.165 e. The summed E-state index contributed by atoms with van der Waals surface area (Å²) in [6.45, 7) is 4.69. The summed E-state index contributed by atoms with van der Waals surface area (Å²) in [5, 5.41) is 7.21. The van der Waals surface area contributed by atoms with Crippen molar-refractivity contribution in [3.05, 3.63) is 223 Å². The van der Waals surface area contributed by atoms with Gasteiger partial charge in [0.2, 0.25) is 0 Å². The average molecular weight is 816 g/mol. The van der Waals surface area contributed by atoms with Crippen molar-refractivity contribution in [2.75, 3.05) is 0 Å². The zero-order chi connectivity index (χ0) is 42.5. The molecule has 1 aliphatic rings. The molecule has 0 N–H and O–H groups in total. The molecule has 2 aromatic heterocycles. The molecule has 0 saturated heterocycles. The lowest BCUT2D eigenvalue weighted by molar-refractivity contribution is 0.660. The third-order valence-electron chi connectivity index (χ3n) is 13.7. The van der Waals surface area contributed by atoms with Crippen LogP contribution in [0, 0.1) is 0 Å². The van der Waals surface area contributed by atoms with E-state index in [-0.39, 0.29) is 5.41 Å². The van der Waals surface area contributed by atoms with E-state index >= 15 is 0 Å². The minimum Gasteiger partial charge on any atom is -0.292 e. The van der Waals surface area contributed by atoms with E-state index in [0.717, 1.165) is 61.4 Å². The molecule has 0 atom stereocenters. The van der Waals surface area contributed by atoms with Gasteiger partial charge < -0.3 is 0 Å². The van der Waals surface area contributed by atoms with Crippen molar-refractivity contribution in [2.45, 2.75) is 19.3 Å².